The van der Waals surface area contributed by atoms with Gasteiger partial charge in [-0.3, -0.25) is 0 Å². The zero-order valence-electron chi connectivity index (χ0n) is 12.9. The molecule has 2 rings (SSSR count). The SMILES string of the molecule is COc1cc(CCNS(=O)(=O)c2ccccc2Cl)cc(OC)c1. The third-order valence-electron chi connectivity index (χ3n) is 3.24. The van der Waals surface area contributed by atoms with Gasteiger partial charge in [0, 0.05) is 12.6 Å². The van der Waals surface area contributed by atoms with E-state index in [1.54, 1.807) is 38.5 Å². The molecule has 2 aromatic carbocycles. The molecule has 0 fully saturated rings. The zero-order valence-corrected chi connectivity index (χ0v) is 14.4. The molecule has 0 amide bonds. The summed E-state index contributed by atoms with van der Waals surface area (Å²) < 4.78 is 37.4. The van der Waals surface area contributed by atoms with E-state index in [2.05, 4.69) is 4.72 Å². The van der Waals surface area contributed by atoms with Crippen LogP contribution in [0.2, 0.25) is 5.02 Å². The van der Waals surface area contributed by atoms with Crippen LogP contribution in [-0.2, 0) is 16.4 Å². The van der Waals surface area contributed by atoms with Crippen LogP contribution in [0.3, 0.4) is 0 Å². The summed E-state index contributed by atoms with van der Waals surface area (Å²) in [5.41, 5.74) is 0.906. The van der Waals surface area contributed by atoms with Gasteiger partial charge in [0.15, 0.2) is 0 Å². The first-order valence-electron chi connectivity index (χ1n) is 6.92. The van der Waals surface area contributed by atoms with E-state index in [0.717, 1.165) is 5.56 Å². The second kappa shape index (κ2) is 7.68. The Morgan fingerprint density at radius 2 is 1.65 bits per heavy atom. The third kappa shape index (κ3) is 4.60. The molecule has 23 heavy (non-hydrogen) atoms. The molecule has 0 saturated carbocycles. The molecule has 0 bridgehead atoms. The Balaban J connectivity index is 2.06. The molecule has 0 heterocycles. The molecule has 1 N–H and O–H groups in total. The van der Waals surface area contributed by atoms with Crippen LogP contribution in [0, 0.1) is 0 Å². The molecule has 0 aliphatic carbocycles. The highest BCUT2D eigenvalue weighted by Gasteiger charge is 2.16. The second-order valence-electron chi connectivity index (χ2n) is 4.80. The number of sulfonamides is 1. The van der Waals surface area contributed by atoms with Crippen molar-refractivity contribution in [1.82, 2.24) is 4.72 Å². The summed E-state index contributed by atoms with van der Waals surface area (Å²) in [6.07, 6.45) is 0.497. The Morgan fingerprint density at radius 3 is 2.22 bits per heavy atom. The van der Waals surface area contributed by atoms with Gasteiger partial charge in [-0.2, -0.15) is 0 Å². The minimum atomic E-state index is -3.64. The van der Waals surface area contributed by atoms with E-state index in [9.17, 15) is 8.42 Å². The molecule has 5 nitrogen and oxygen atoms in total. The Kier molecular flexibility index (Phi) is 5.87. The van der Waals surface area contributed by atoms with Gasteiger partial charge in [-0.15, -0.1) is 0 Å². The monoisotopic (exact) mass is 355 g/mol. The van der Waals surface area contributed by atoms with Crippen LogP contribution in [0.4, 0.5) is 0 Å². The number of methoxy groups -OCH3 is 2. The largest absolute Gasteiger partial charge is 0.497 e. The first kappa shape index (κ1) is 17.6. The van der Waals surface area contributed by atoms with Gasteiger partial charge in [0.25, 0.3) is 0 Å². The fraction of sp³-hybridized carbons (Fsp3) is 0.250. The quantitative estimate of drug-likeness (QED) is 0.829. The first-order valence-corrected chi connectivity index (χ1v) is 8.78. The number of rotatable bonds is 7. The van der Waals surface area contributed by atoms with E-state index >= 15 is 0 Å². The van der Waals surface area contributed by atoms with Gasteiger partial charge in [-0.05, 0) is 36.2 Å². The minimum absolute atomic E-state index is 0.0740. The van der Waals surface area contributed by atoms with Gasteiger partial charge in [0.1, 0.15) is 16.4 Å². The van der Waals surface area contributed by atoms with Crippen molar-refractivity contribution in [3.63, 3.8) is 0 Å². The molecule has 0 atom stereocenters. The second-order valence-corrected chi connectivity index (χ2v) is 6.94. The molecule has 0 saturated heterocycles. The lowest BCUT2D eigenvalue weighted by molar-refractivity contribution is 0.393. The van der Waals surface area contributed by atoms with E-state index in [0.29, 0.717) is 17.9 Å². The van der Waals surface area contributed by atoms with Crippen molar-refractivity contribution < 1.29 is 17.9 Å². The van der Waals surface area contributed by atoms with Crippen LogP contribution in [-0.4, -0.2) is 29.2 Å². The molecule has 0 spiro atoms. The lowest BCUT2D eigenvalue weighted by Gasteiger charge is -2.10. The number of hydrogen-bond acceptors (Lipinski definition) is 4. The van der Waals surface area contributed by atoms with Crippen molar-refractivity contribution in [3.8, 4) is 11.5 Å². The van der Waals surface area contributed by atoms with E-state index in [4.69, 9.17) is 21.1 Å². The average Bonchev–Trinajstić information content (AvgIpc) is 2.54. The Bertz CT molecular complexity index is 755. The molecule has 0 aromatic heterocycles. The topological polar surface area (TPSA) is 64.6 Å². The summed E-state index contributed by atoms with van der Waals surface area (Å²) in [5, 5.41) is 0.197. The van der Waals surface area contributed by atoms with Crippen molar-refractivity contribution in [1.29, 1.82) is 0 Å². The Hall–Kier alpha value is -1.76. The maximum absolute atomic E-state index is 12.2. The van der Waals surface area contributed by atoms with Crippen molar-refractivity contribution in [2.75, 3.05) is 20.8 Å². The van der Waals surface area contributed by atoms with Crippen LogP contribution in [0.25, 0.3) is 0 Å². The van der Waals surface area contributed by atoms with Crippen molar-refractivity contribution in [2.45, 2.75) is 11.3 Å². The standard InChI is InChI=1S/C16H18ClNO4S/c1-21-13-9-12(10-14(11-13)22-2)7-8-18-23(19,20)16-6-4-3-5-15(16)17/h3-6,9-11,18H,7-8H2,1-2H3. The molecule has 0 unspecified atom stereocenters. The fourth-order valence-corrected chi connectivity index (χ4v) is 3.63. The minimum Gasteiger partial charge on any atom is -0.497 e. The third-order valence-corrected chi connectivity index (χ3v) is 5.20. The van der Waals surface area contributed by atoms with Crippen LogP contribution in [0.1, 0.15) is 5.56 Å². The molecule has 0 aliphatic rings. The highest BCUT2D eigenvalue weighted by Crippen LogP contribution is 2.23. The molecule has 7 heteroatoms. The average molecular weight is 356 g/mol. The number of hydrogen-bond donors (Lipinski definition) is 1. The summed E-state index contributed by atoms with van der Waals surface area (Å²) >= 11 is 5.93. The van der Waals surface area contributed by atoms with E-state index in [1.807, 2.05) is 12.1 Å². The Labute approximate surface area is 141 Å². The van der Waals surface area contributed by atoms with Crippen LogP contribution in [0.5, 0.6) is 11.5 Å². The highest BCUT2D eigenvalue weighted by molar-refractivity contribution is 7.89. The molecule has 124 valence electrons. The van der Waals surface area contributed by atoms with E-state index in [1.165, 1.54) is 6.07 Å². The van der Waals surface area contributed by atoms with Gasteiger partial charge in [-0.25, -0.2) is 13.1 Å². The first-order chi connectivity index (χ1) is 11.0. The smallest absolute Gasteiger partial charge is 0.242 e. The highest BCUT2D eigenvalue weighted by atomic mass is 35.5. The normalized spacial score (nSPS) is 11.3. The predicted octanol–water partition coefficient (Wildman–Crippen LogP) is 2.88. The van der Waals surface area contributed by atoms with Crippen molar-refractivity contribution >= 4 is 21.6 Å². The number of halogens is 1. The lowest BCUT2D eigenvalue weighted by atomic mass is 10.1. The van der Waals surface area contributed by atoms with Gasteiger partial charge >= 0.3 is 0 Å². The summed E-state index contributed by atoms with van der Waals surface area (Å²) in [6, 6.07) is 11.8. The molecule has 0 aliphatic heterocycles. The zero-order chi connectivity index (χ0) is 16.9. The molecular formula is C16H18ClNO4S. The molecule has 0 radical (unpaired) electrons. The van der Waals surface area contributed by atoms with Crippen LogP contribution in [0.15, 0.2) is 47.4 Å². The van der Waals surface area contributed by atoms with Crippen molar-refractivity contribution in [3.05, 3.63) is 53.1 Å². The maximum Gasteiger partial charge on any atom is 0.242 e. The Morgan fingerprint density at radius 1 is 1.04 bits per heavy atom. The summed E-state index contributed by atoms with van der Waals surface area (Å²) in [5.74, 6) is 1.32. The van der Waals surface area contributed by atoms with E-state index in [-0.39, 0.29) is 16.5 Å². The fourth-order valence-electron chi connectivity index (χ4n) is 2.08. The number of benzene rings is 2. The lowest BCUT2D eigenvalue weighted by Crippen LogP contribution is -2.26. The summed E-state index contributed by atoms with van der Waals surface area (Å²) in [7, 11) is -0.501. The van der Waals surface area contributed by atoms with Gasteiger partial charge < -0.3 is 9.47 Å². The number of nitrogens with one attached hydrogen (secondary N) is 1. The van der Waals surface area contributed by atoms with Crippen LogP contribution >= 0.6 is 11.6 Å². The number of ether oxygens (including phenoxy) is 2. The van der Waals surface area contributed by atoms with Crippen LogP contribution < -0.4 is 14.2 Å². The molecule has 2 aromatic rings. The van der Waals surface area contributed by atoms with Gasteiger partial charge in [0.2, 0.25) is 10.0 Å². The summed E-state index contributed by atoms with van der Waals surface area (Å²) in [6.45, 7) is 0.240. The van der Waals surface area contributed by atoms with Crippen molar-refractivity contribution in [2.24, 2.45) is 0 Å². The molecular weight excluding hydrogens is 338 g/mol. The predicted molar refractivity (Wildman–Crippen MR) is 89.9 cm³/mol. The van der Waals surface area contributed by atoms with Gasteiger partial charge in [0.05, 0.1) is 19.2 Å². The summed E-state index contributed by atoms with van der Waals surface area (Å²) in [4.78, 5) is 0.0740. The van der Waals surface area contributed by atoms with Gasteiger partial charge in [-0.1, -0.05) is 23.7 Å². The van der Waals surface area contributed by atoms with E-state index < -0.39 is 10.0 Å². The maximum atomic E-state index is 12.2.